The normalized spacial score (nSPS) is 20.3. The van der Waals surface area contributed by atoms with Gasteiger partial charge in [0.2, 0.25) is 0 Å². The minimum atomic E-state index is -1.67. The van der Waals surface area contributed by atoms with Gasteiger partial charge in [-0.1, -0.05) is 12.1 Å². The van der Waals surface area contributed by atoms with Crippen LogP contribution in [0.5, 0.6) is 0 Å². The molecule has 1 aromatic carbocycles. The van der Waals surface area contributed by atoms with E-state index in [1.165, 1.54) is 0 Å². The van der Waals surface area contributed by atoms with Crippen LogP contribution in [0.1, 0.15) is 24.3 Å². The molecule has 1 unspecified atom stereocenters. The lowest BCUT2D eigenvalue weighted by Crippen LogP contribution is -2.51. The Morgan fingerprint density at radius 1 is 1.17 bits per heavy atom. The van der Waals surface area contributed by atoms with Crippen LogP contribution in [0.15, 0.2) is 24.3 Å². The molecule has 6 heteroatoms. The van der Waals surface area contributed by atoms with Crippen molar-refractivity contribution in [3.05, 3.63) is 29.8 Å². The van der Waals surface area contributed by atoms with E-state index in [4.69, 9.17) is 15.9 Å². The molecular weight excluding hydrogens is 258 g/mol. The van der Waals surface area contributed by atoms with Gasteiger partial charge in [-0.3, -0.25) is 9.59 Å². The summed E-state index contributed by atoms with van der Waals surface area (Å²) in [6.45, 7) is 0. The third-order valence-electron chi connectivity index (χ3n) is 3.52. The first-order chi connectivity index (χ1) is 7.98. The van der Waals surface area contributed by atoms with E-state index in [1.54, 1.807) is 24.3 Å². The second-order valence-corrected chi connectivity index (χ2v) is 4.34. The van der Waals surface area contributed by atoms with Gasteiger partial charge in [0.05, 0.1) is 0 Å². The molecule has 1 aromatic rings. The number of halogens is 1. The number of benzene rings is 1. The molecule has 0 aromatic heterocycles. The molecule has 1 saturated carbocycles. The molecule has 18 heavy (non-hydrogen) atoms. The topological polar surface area (TPSA) is 101 Å². The summed E-state index contributed by atoms with van der Waals surface area (Å²) < 4.78 is 0. The Morgan fingerprint density at radius 3 is 2.00 bits per heavy atom. The zero-order chi connectivity index (χ0) is 12.6. The van der Waals surface area contributed by atoms with Crippen LogP contribution in [-0.2, 0) is 9.59 Å². The lowest BCUT2D eigenvalue weighted by Gasteiger charge is -2.42. The number of carbonyl (C=O) groups is 2. The Kier molecular flexibility index (Phi) is 3.86. The molecule has 2 rings (SSSR count). The summed E-state index contributed by atoms with van der Waals surface area (Å²) >= 11 is 0. The molecule has 0 spiro atoms. The van der Waals surface area contributed by atoms with Crippen molar-refractivity contribution in [3.8, 4) is 0 Å². The van der Waals surface area contributed by atoms with Gasteiger partial charge in [0, 0.05) is 11.6 Å². The highest BCUT2D eigenvalue weighted by Gasteiger charge is 2.59. The fourth-order valence-corrected chi connectivity index (χ4v) is 2.36. The third kappa shape index (κ3) is 1.90. The van der Waals surface area contributed by atoms with Gasteiger partial charge in [-0.2, -0.15) is 0 Å². The molecular formula is C12H14ClNO4. The summed E-state index contributed by atoms with van der Waals surface area (Å²) in [5.41, 5.74) is 5.16. The van der Waals surface area contributed by atoms with Crippen molar-refractivity contribution in [2.24, 2.45) is 5.41 Å². The quantitative estimate of drug-likeness (QED) is 0.574. The van der Waals surface area contributed by atoms with E-state index in [9.17, 15) is 9.59 Å². The molecule has 0 bridgehead atoms. The van der Waals surface area contributed by atoms with Crippen LogP contribution in [-0.4, -0.2) is 22.2 Å². The van der Waals surface area contributed by atoms with Crippen molar-refractivity contribution < 1.29 is 19.8 Å². The van der Waals surface area contributed by atoms with Crippen LogP contribution < -0.4 is 5.73 Å². The standard InChI is InChI=1S/C12H13NO4.ClH/c13-8-3-1-7(2-4-8)9-5-6-12(9,10(14)15)11(16)17;/h1-4,9H,5-6,13H2,(H,14,15)(H,16,17);1H. The van der Waals surface area contributed by atoms with E-state index in [0.29, 0.717) is 12.1 Å². The van der Waals surface area contributed by atoms with E-state index in [1.807, 2.05) is 0 Å². The highest BCUT2D eigenvalue weighted by atomic mass is 35.5. The number of hydrogen-bond donors (Lipinski definition) is 3. The largest absolute Gasteiger partial charge is 0.480 e. The van der Waals surface area contributed by atoms with Crippen molar-refractivity contribution in [3.63, 3.8) is 0 Å². The van der Waals surface area contributed by atoms with Gasteiger partial charge in [0.1, 0.15) is 0 Å². The van der Waals surface area contributed by atoms with Crippen LogP contribution in [0.25, 0.3) is 0 Å². The van der Waals surface area contributed by atoms with Gasteiger partial charge < -0.3 is 15.9 Å². The maximum absolute atomic E-state index is 11.2. The van der Waals surface area contributed by atoms with E-state index in [0.717, 1.165) is 5.56 Å². The molecule has 5 nitrogen and oxygen atoms in total. The van der Waals surface area contributed by atoms with Crippen molar-refractivity contribution in [2.75, 3.05) is 5.73 Å². The summed E-state index contributed by atoms with van der Waals surface area (Å²) in [5.74, 6) is -3.01. The minimum absolute atomic E-state index is 0. The highest BCUT2D eigenvalue weighted by Crippen LogP contribution is 2.53. The fraction of sp³-hybridized carbons (Fsp3) is 0.333. The Balaban J connectivity index is 0.00000162. The molecule has 1 aliphatic rings. The summed E-state index contributed by atoms with van der Waals surface area (Å²) in [4.78, 5) is 22.4. The predicted octanol–water partition coefficient (Wildman–Crippen LogP) is 1.72. The van der Waals surface area contributed by atoms with Crippen LogP contribution in [0.2, 0.25) is 0 Å². The lowest BCUT2D eigenvalue weighted by atomic mass is 9.57. The SMILES string of the molecule is Cl.Nc1ccc(C2CCC2(C(=O)O)C(=O)O)cc1. The van der Waals surface area contributed by atoms with Crippen molar-refractivity contribution in [2.45, 2.75) is 18.8 Å². The van der Waals surface area contributed by atoms with Gasteiger partial charge in [0.15, 0.2) is 5.41 Å². The number of carboxylic acid groups (broad SMARTS) is 2. The minimum Gasteiger partial charge on any atom is -0.480 e. The molecule has 1 aliphatic carbocycles. The summed E-state index contributed by atoms with van der Waals surface area (Å²) in [6, 6.07) is 6.70. The fourth-order valence-electron chi connectivity index (χ4n) is 2.36. The number of anilines is 1. The van der Waals surface area contributed by atoms with Gasteiger partial charge in [0.25, 0.3) is 0 Å². The smallest absolute Gasteiger partial charge is 0.321 e. The Hall–Kier alpha value is -1.75. The number of carboxylic acids is 2. The number of aliphatic carboxylic acids is 2. The molecule has 0 saturated heterocycles. The molecule has 0 radical (unpaired) electrons. The number of rotatable bonds is 3. The van der Waals surface area contributed by atoms with Crippen molar-refractivity contribution >= 4 is 30.0 Å². The molecule has 0 amide bonds. The molecule has 98 valence electrons. The van der Waals surface area contributed by atoms with Gasteiger partial charge >= 0.3 is 11.9 Å². The predicted molar refractivity (Wildman–Crippen MR) is 67.8 cm³/mol. The number of hydrogen-bond acceptors (Lipinski definition) is 3. The Morgan fingerprint density at radius 2 is 1.67 bits per heavy atom. The third-order valence-corrected chi connectivity index (χ3v) is 3.52. The zero-order valence-corrected chi connectivity index (χ0v) is 10.3. The van der Waals surface area contributed by atoms with Crippen LogP contribution in [0.3, 0.4) is 0 Å². The van der Waals surface area contributed by atoms with Crippen LogP contribution >= 0.6 is 12.4 Å². The Bertz CT molecular complexity index is 457. The maximum atomic E-state index is 11.2. The second kappa shape index (κ2) is 4.86. The molecule has 1 fully saturated rings. The number of nitrogens with two attached hydrogens (primary N) is 1. The molecule has 0 heterocycles. The van der Waals surface area contributed by atoms with Crippen LogP contribution in [0.4, 0.5) is 5.69 Å². The lowest BCUT2D eigenvalue weighted by molar-refractivity contribution is -0.174. The van der Waals surface area contributed by atoms with Gasteiger partial charge in [-0.05, 0) is 30.5 Å². The van der Waals surface area contributed by atoms with Gasteiger partial charge in [-0.15, -0.1) is 12.4 Å². The summed E-state index contributed by atoms with van der Waals surface area (Å²) in [7, 11) is 0. The average Bonchev–Trinajstić information content (AvgIpc) is 2.19. The summed E-state index contributed by atoms with van der Waals surface area (Å²) in [6.07, 6.45) is 0.745. The maximum Gasteiger partial charge on any atom is 0.321 e. The first kappa shape index (κ1) is 14.3. The molecule has 4 N–H and O–H groups in total. The van der Waals surface area contributed by atoms with Crippen molar-refractivity contribution in [1.82, 2.24) is 0 Å². The van der Waals surface area contributed by atoms with E-state index in [-0.39, 0.29) is 18.8 Å². The highest BCUT2D eigenvalue weighted by molar-refractivity contribution is 6.00. The zero-order valence-electron chi connectivity index (χ0n) is 9.50. The first-order valence-electron chi connectivity index (χ1n) is 5.30. The number of nitrogen functional groups attached to an aromatic ring is 1. The summed E-state index contributed by atoms with van der Waals surface area (Å²) in [5, 5.41) is 18.3. The molecule has 0 aliphatic heterocycles. The monoisotopic (exact) mass is 271 g/mol. The van der Waals surface area contributed by atoms with E-state index < -0.39 is 23.3 Å². The van der Waals surface area contributed by atoms with Crippen molar-refractivity contribution in [1.29, 1.82) is 0 Å². The van der Waals surface area contributed by atoms with Gasteiger partial charge in [-0.25, -0.2) is 0 Å². The molecule has 1 atom stereocenters. The second-order valence-electron chi connectivity index (χ2n) is 4.34. The Labute approximate surface area is 110 Å². The van der Waals surface area contributed by atoms with Crippen LogP contribution in [0, 0.1) is 5.41 Å². The van der Waals surface area contributed by atoms with E-state index >= 15 is 0 Å². The first-order valence-corrected chi connectivity index (χ1v) is 5.30. The van der Waals surface area contributed by atoms with E-state index in [2.05, 4.69) is 0 Å². The average molecular weight is 272 g/mol.